The maximum absolute atomic E-state index is 11.0. The summed E-state index contributed by atoms with van der Waals surface area (Å²) in [6.07, 6.45) is 0. The number of aryl methyl sites for hydroxylation is 1. The van der Waals surface area contributed by atoms with Gasteiger partial charge < -0.3 is 14.3 Å². The Bertz CT molecular complexity index is 1340. The molecule has 31 heavy (non-hydrogen) atoms. The normalized spacial score (nSPS) is 11.6. The van der Waals surface area contributed by atoms with Crippen molar-refractivity contribution in [1.29, 1.82) is 0 Å². The molecular weight excluding hydrogens is 396 g/mol. The second-order valence-electron chi connectivity index (χ2n) is 6.99. The molecule has 156 valence electrons. The zero-order chi connectivity index (χ0) is 22.0. The smallest absolute Gasteiger partial charge is 0.273 e. The van der Waals surface area contributed by atoms with Crippen LogP contribution in [0.15, 0.2) is 76.1 Å². The zero-order valence-corrected chi connectivity index (χ0v) is 17.0. The largest absolute Gasteiger partial charge is 0.505 e. The summed E-state index contributed by atoms with van der Waals surface area (Å²) in [7, 11) is 0. The van der Waals surface area contributed by atoms with Gasteiger partial charge in [0.2, 0.25) is 0 Å². The lowest BCUT2D eigenvalue weighted by molar-refractivity contribution is -0.384. The molecule has 0 fully saturated rings. The first-order valence-corrected chi connectivity index (χ1v) is 9.74. The molecule has 0 bridgehead atoms. The van der Waals surface area contributed by atoms with Crippen LogP contribution in [-0.4, -0.2) is 16.6 Å². The van der Waals surface area contributed by atoms with Crippen LogP contribution in [0.2, 0.25) is 0 Å². The van der Waals surface area contributed by atoms with Crippen molar-refractivity contribution >= 4 is 22.3 Å². The number of phenols is 1. The Morgan fingerprint density at radius 3 is 2.52 bits per heavy atom. The van der Waals surface area contributed by atoms with Gasteiger partial charge in [-0.25, -0.2) is 4.99 Å². The minimum atomic E-state index is -0.565. The molecule has 4 aromatic rings. The van der Waals surface area contributed by atoms with E-state index < -0.39 is 4.92 Å². The average molecular weight is 416 g/mol. The lowest BCUT2D eigenvalue weighted by Gasteiger charge is -2.08. The van der Waals surface area contributed by atoms with Gasteiger partial charge in [0.05, 0.1) is 23.0 Å². The molecule has 0 saturated heterocycles. The third kappa shape index (κ3) is 4.25. The summed E-state index contributed by atoms with van der Waals surface area (Å²) in [5, 5.41) is 22.5. The molecule has 0 atom stereocenters. The third-order valence-electron chi connectivity index (χ3n) is 4.77. The summed E-state index contributed by atoms with van der Waals surface area (Å²) in [6, 6.07) is 18.9. The van der Waals surface area contributed by atoms with Gasteiger partial charge in [-0.3, -0.25) is 10.1 Å². The van der Waals surface area contributed by atoms with Crippen molar-refractivity contribution in [3.05, 3.63) is 87.8 Å². The summed E-state index contributed by atoms with van der Waals surface area (Å²) >= 11 is 0. The molecule has 0 saturated carbocycles. The first-order valence-electron chi connectivity index (χ1n) is 9.74. The predicted octanol–water partition coefficient (Wildman–Crippen LogP) is 5.65. The van der Waals surface area contributed by atoms with Crippen molar-refractivity contribution in [3.8, 4) is 22.8 Å². The van der Waals surface area contributed by atoms with Crippen molar-refractivity contribution in [1.82, 2.24) is 0 Å². The number of non-ortho nitro benzene ring substituents is 1. The minimum Gasteiger partial charge on any atom is -0.505 e. The van der Waals surface area contributed by atoms with E-state index in [0.29, 0.717) is 34.4 Å². The molecule has 3 aromatic carbocycles. The Morgan fingerprint density at radius 1 is 1.06 bits per heavy atom. The van der Waals surface area contributed by atoms with Crippen LogP contribution >= 0.6 is 0 Å². The van der Waals surface area contributed by atoms with Gasteiger partial charge >= 0.3 is 0 Å². The van der Waals surface area contributed by atoms with Gasteiger partial charge in [-0.15, -0.1) is 0 Å². The number of fused-ring (bicyclic) bond motifs is 1. The van der Waals surface area contributed by atoms with Gasteiger partial charge in [-0.05, 0) is 38.1 Å². The highest BCUT2D eigenvalue weighted by atomic mass is 16.6. The molecule has 0 aliphatic carbocycles. The van der Waals surface area contributed by atoms with Crippen LogP contribution in [0.25, 0.3) is 22.3 Å². The Hall–Kier alpha value is -4.13. The van der Waals surface area contributed by atoms with Crippen LogP contribution in [0, 0.1) is 17.0 Å². The molecule has 4 rings (SSSR count). The van der Waals surface area contributed by atoms with E-state index >= 15 is 0 Å². The monoisotopic (exact) mass is 416 g/mol. The van der Waals surface area contributed by atoms with E-state index in [9.17, 15) is 15.2 Å². The van der Waals surface area contributed by atoms with Crippen LogP contribution in [-0.2, 0) is 0 Å². The number of hydrogen-bond acceptors (Lipinski definition) is 6. The molecule has 1 N–H and O–H groups in total. The van der Waals surface area contributed by atoms with Crippen molar-refractivity contribution < 1.29 is 19.2 Å². The fourth-order valence-electron chi connectivity index (χ4n) is 3.21. The molecule has 0 unspecified atom stereocenters. The maximum Gasteiger partial charge on any atom is 0.273 e. The molecular formula is C24H20N2O5. The van der Waals surface area contributed by atoms with Gasteiger partial charge in [0, 0.05) is 23.1 Å². The SMILES string of the molecule is CCOc1ccc2oc(-c3ccc(C)cc3)cc(=Nc3ccc([N+](=O)[O-])cc3O)c2c1. The number of rotatable bonds is 5. The predicted molar refractivity (Wildman–Crippen MR) is 118 cm³/mol. The standard InChI is InChI=1S/C24H20N2O5/c1-3-30-18-9-11-23-19(13-18)21(14-24(31-23)16-6-4-15(2)5-7-16)25-20-10-8-17(26(28)29)12-22(20)27/h4-14,27H,3H2,1-2H3. The van der Waals surface area contributed by atoms with E-state index in [2.05, 4.69) is 4.99 Å². The molecule has 0 aliphatic rings. The fourth-order valence-corrected chi connectivity index (χ4v) is 3.21. The molecule has 0 radical (unpaired) electrons. The topological polar surface area (TPSA) is 98.1 Å². The highest BCUT2D eigenvalue weighted by Crippen LogP contribution is 2.31. The van der Waals surface area contributed by atoms with Crippen molar-refractivity contribution in [3.63, 3.8) is 0 Å². The van der Waals surface area contributed by atoms with Gasteiger partial charge in [0.25, 0.3) is 5.69 Å². The Balaban J connectivity index is 1.96. The van der Waals surface area contributed by atoms with E-state index in [1.807, 2.05) is 56.3 Å². The Kier molecular flexibility index (Phi) is 5.41. The highest BCUT2D eigenvalue weighted by molar-refractivity contribution is 5.80. The van der Waals surface area contributed by atoms with Gasteiger partial charge in [-0.2, -0.15) is 0 Å². The van der Waals surface area contributed by atoms with Crippen LogP contribution in [0.3, 0.4) is 0 Å². The van der Waals surface area contributed by atoms with Gasteiger partial charge in [0.15, 0.2) is 0 Å². The average Bonchev–Trinajstić information content (AvgIpc) is 2.76. The number of nitro benzene ring substituents is 1. The number of aromatic hydroxyl groups is 1. The van der Waals surface area contributed by atoms with Crippen LogP contribution in [0.1, 0.15) is 12.5 Å². The third-order valence-corrected chi connectivity index (χ3v) is 4.77. The summed E-state index contributed by atoms with van der Waals surface area (Å²) < 4.78 is 11.7. The summed E-state index contributed by atoms with van der Waals surface area (Å²) in [4.78, 5) is 15.0. The van der Waals surface area contributed by atoms with E-state index in [4.69, 9.17) is 9.15 Å². The Morgan fingerprint density at radius 2 is 1.84 bits per heavy atom. The Labute approximate surface area is 178 Å². The number of phenolic OH excluding ortho intramolecular Hbond substituents is 1. The second kappa shape index (κ2) is 8.31. The second-order valence-corrected chi connectivity index (χ2v) is 6.99. The van der Waals surface area contributed by atoms with E-state index in [-0.39, 0.29) is 17.1 Å². The number of nitrogens with zero attached hydrogens (tertiary/aromatic N) is 2. The molecule has 7 nitrogen and oxygen atoms in total. The van der Waals surface area contributed by atoms with Gasteiger partial charge in [0.1, 0.15) is 28.5 Å². The number of benzene rings is 3. The van der Waals surface area contributed by atoms with Crippen molar-refractivity contribution in [2.75, 3.05) is 6.61 Å². The lowest BCUT2D eigenvalue weighted by atomic mass is 10.1. The van der Waals surface area contributed by atoms with E-state index in [1.54, 1.807) is 6.07 Å². The molecule has 0 amide bonds. The summed E-state index contributed by atoms with van der Waals surface area (Å²) in [5.74, 6) is 0.996. The number of ether oxygens (including phenoxy) is 1. The molecule has 1 heterocycles. The van der Waals surface area contributed by atoms with E-state index in [0.717, 1.165) is 17.2 Å². The van der Waals surface area contributed by atoms with Crippen LogP contribution in [0.5, 0.6) is 11.5 Å². The number of nitro groups is 1. The van der Waals surface area contributed by atoms with Crippen molar-refractivity contribution in [2.24, 2.45) is 4.99 Å². The first kappa shape index (κ1) is 20.2. The van der Waals surface area contributed by atoms with Crippen LogP contribution in [0.4, 0.5) is 11.4 Å². The first-order chi connectivity index (χ1) is 14.9. The van der Waals surface area contributed by atoms with Crippen LogP contribution < -0.4 is 10.1 Å². The lowest BCUT2D eigenvalue weighted by Crippen LogP contribution is -2.04. The van der Waals surface area contributed by atoms with E-state index in [1.165, 1.54) is 12.1 Å². The van der Waals surface area contributed by atoms with Crippen molar-refractivity contribution in [2.45, 2.75) is 13.8 Å². The highest BCUT2D eigenvalue weighted by Gasteiger charge is 2.11. The molecule has 0 aliphatic heterocycles. The summed E-state index contributed by atoms with van der Waals surface area (Å²) in [5.41, 5.74) is 2.62. The molecule has 7 heteroatoms. The van der Waals surface area contributed by atoms with Gasteiger partial charge in [-0.1, -0.05) is 29.8 Å². The molecule has 0 spiro atoms. The maximum atomic E-state index is 11.0. The zero-order valence-electron chi connectivity index (χ0n) is 17.0. The number of hydrogen-bond donors (Lipinski definition) is 1. The minimum absolute atomic E-state index is 0.205. The molecule has 1 aromatic heterocycles. The summed E-state index contributed by atoms with van der Waals surface area (Å²) in [6.45, 7) is 4.42. The quantitative estimate of drug-likeness (QED) is 0.335. The fraction of sp³-hybridized carbons (Fsp3) is 0.125.